The third kappa shape index (κ3) is 6.19. The molecule has 1 aliphatic heterocycles. The number of carbonyl (C=O) groups is 2. The van der Waals surface area contributed by atoms with Crippen LogP contribution in [0.5, 0.6) is 0 Å². The van der Waals surface area contributed by atoms with Gasteiger partial charge >= 0.3 is 6.18 Å². The lowest BCUT2D eigenvalue weighted by Crippen LogP contribution is -2.45. The van der Waals surface area contributed by atoms with Gasteiger partial charge in [0.05, 0.1) is 6.54 Å². The molecule has 2 N–H and O–H groups in total. The maximum atomic E-state index is 12.2. The highest BCUT2D eigenvalue weighted by atomic mass is 19.4. The number of halogens is 3. The zero-order valence-corrected chi connectivity index (χ0v) is 13.1. The van der Waals surface area contributed by atoms with Crippen LogP contribution in [0.2, 0.25) is 0 Å². The van der Waals surface area contributed by atoms with Gasteiger partial charge in [0.25, 0.3) is 0 Å². The van der Waals surface area contributed by atoms with Gasteiger partial charge in [-0.15, -0.1) is 0 Å². The molecule has 1 saturated heterocycles. The van der Waals surface area contributed by atoms with Crippen molar-refractivity contribution in [2.45, 2.75) is 19.0 Å². The van der Waals surface area contributed by atoms with E-state index >= 15 is 0 Å². The third-order valence-corrected chi connectivity index (χ3v) is 3.85. The molecule has 0 bridgehead atoms. The maximum Gasteiger partial charge on any atom is 0.405 e. The van der Waals surface area contributed by atoms with Gasteiger partial charge in [0, 0.05) is 11.6 Å². The van der Waals surface area contributed by atoms with Gasteiger partial charge in [-0.3, -0.25) is 14.5 Å². The van der Waals surface area contributed by atoms with Crippen molar-refractivity contribution in [3.05, 3.63) is 30.3 Å². The van der Waals surface area contributed by atoms with Crippen molar-refractivity contribution in [1.29, 1.82) is 0 Å². The molecule has 1 heterocycles. The van der Waals surface area contributed by atoms with Crippen molar-refractivity contribution in [3.8, 4) is 0 Å². The molecular formula is C16H20F3N3O2. The number of alkyl halides is 3. The average molecular weight is 343 g/mol. The van der Waals surface area contributed by atoms with Crippen LogP contribution in [0.25, 0.3) is 0 Å². The number of hydrogen-bond acceptors (Lipinski definition) is 3. The summed E-state index contributed by atoms with van der Waals surface area (Å²) in [5, 5.41) is 4.69. The van der Waals surface area contributed by atoms with Gasteiger partial charge in [-0.2, -0.15) is 13.2 Å². The fraction of sp³-hybridized carbons (Fsp3) is 0.500. The normalized spacial score (nSPS) is 16.6. The smallest absolute Gasteiger partial charge is 0.346 e. The molecule has 0 radical (unpaired) electrons. The van der Waals surface area contributed by atoms with E-state index in [1.807, 2.05) is 23.5 Å². The van der Waals surface area contributed by atoms with Crippen LogP contribution in [-0.4, -0.2) is 49.1 Å². The first-order chi connectivity index (χ1) is 11.3. The number of para-hydroxylation sites is 1. The maximum absolute atomic E-state index is 12.2. The molecule has 132 valence electrons. The number of benzene rings is 1. The molecule has 1 fully saturated rings. The second kappa shape index (κ2) is 8.14. The number of hydrogen-bond donors (Lipinski definition) is 2. The molecule has 0 aromatic heterocycles. The Morgan fingerprint density at radius 1 is 1.12 bits per heavy atom. The number of nitrogens with zero attached hydrogens (tertiary/aromatic N) is 1. The molecule has 0 saturated carbocycles. The molecule has 5 nitrogen and oxygen atoms in total. The molecule has 24 heavy (non-hydrogen) atoms. The number of piperidine rings is 1. The van der Waals surface area contributed by atoms with E-state index in [1.54, 1.807) is 17.0 Å². The highest BCUT2D eigenvalue weighted by molar-refractivity contribution is 5.92. The molecule has 0 spiro atoms. The monoisotopic (exact) mass is 343 g/mol. The van der Waals surface area contributed by atoms with E-state index in [9.17, 15) is 22.8 Å². The first-order valence-electron chi connectivity index (χ1n) is 7.75. The predicted octanol–water partition coefficient (Wildman–Crippen LogP) is 2.02. The van der Waals surface area contributed by atoms with E-state index in [4.69, 9.17) is 0 Å². The average Bonchev–Trinajstić information content (AvgIpc) is 2.54. The summed E-state index contributed by atoms with van der Waals surface area (Å²) in [4.78, 5) is 25.4. The standard InChI is InChI=1S/C16H20F3N3O2/c17-16(18,19)11-20-14(23)10-22-8-6-12(7-9-22)15(24)21-13-4-2-1-3-5-13/h1-5,12H,6-11H2,(H,20,23)(H,21,24). The lowest BCUT2D eigenvalue weighted by Gasteiger charge is -2.30. The molecule has 0 aliphatic carbocycles. The molecule has 8 heteroatoms. The Kier molecular flexibility index (Phi) is 6.19. The Balaban J connectivity index is 1.71. The summed E-state index contributed by atoms with van der Waals surface area (Å²) < 4.78 is 36.1. The number of rotatable bonds is 5. The van der Waals surface area contributed by atoms with Crippen molar-refractivity contribution in [3.63, 3.8) is 0 Å². The summed E-state index contributed by atoms with van der Waals surface area (Å²) in [6.07, 6.45) is -3.26. The summed E-state index contributed by atoms with van der Waals surface area (Å²) in [5.74, 6) is -0.874. The van der Waals surface area contributed by atoms with E-state index in [-0.39, 0.29) is 18.4 Å². The number of nitrogens with one attached hydrogen (secondary N) is 2. The summed E-state index contributed by atoms with van der Waals surface area (Å²) >= 11 is 0. The fourth-order valence-electron chi connectivity index (χ4n) is 2.58. The van der Waals surface area contributed by atoms with E-state index in [1.165, 1.54) is 0 Å². The first-order valence-corrected chi connectivity index (χ1v) is 7.75. The van der Waals surface area contributed by atoms with Crippen molar-refractivity contribution >= 4 is 17.5 Å². The SMILES string of the molecule is O=C(CN1CCC(C(=O)Nc2ccccc2)CC1)NCC(F)(F)F. The Morgan fingerprint density at radius 3 is 2.33 bits per heavy atom. The van der Waals surface area contributed by atoms with E-state index in [0.717, 1.165) is 5.69 Å². The van der Waals surface area contributed by atoms with Crippen molar-refractivity contribution in [1.82, 2.24) is 10.2 Å². The molecule has 2 rings (SSSR count). The largest absolute Gasteiger partial charge is 0.405 e. The molecule has 0 atom stereocenters. The van der Waals surface area contributed by atoms with Gasteiger partial charge in [-0.1, -0.05) is 18.2 Å². The second-order valence-corrected chi connectivity index (χ2v) is 5.80. The Hall–Kier alpha value is -2.09. The van der Waals surface area contributed by atoms with Gasteiger partial charge in [0.1, 0.15) is 6.54 Å². The summed E-state index contributed by atoms with van der Waals surface area (Å²) in [5.41, 5.74) is 0.733. The Labute approximate surface area is 138 Å². The minimum Gasteiger partial charge on any atom is -0.346 e. The molecular weight excluding hydrogens is 323 g/mol. The van der Waals surface area contributed by atoms with Gasteiger partial charge in [0.15, 0.2) is 0 Å². The number of anilines is 1. The van der Waals surface area contributed by atoms with Crippen molar-refractivity contribution < 1.29 is 22.8 Å². The van der Waals surface area contributed by atoms with Crippen LogP contribution in [0.15, 0.2) is 30.3 Å². The summed E-state index contributed by atoms with van der Waals surface area (Å²) in [6.45, 7) is -0.385. The molecule has 2 amide bonds. The zero-order valence-electron chi connectivity index (χ0n) is 13.1. The van der Waals surface area contributed by atoms with E-state index in [0.29, 0.717) is 25.9 Å². The number of carbonyl (C=O) groups excluding carboxylic acids is 2. The third-order valence-electron chi connectivity index (χ3n) is 3.85. The second-order valence-electron chi connectivity index (χ2n) is 5.80. The minimum absolute atomic E-state index is 0.0672. The van der Waals surface area contributed by atoms with Crippen LogP contribution in [0.4, 0.5) is 18.9 Å². The van der Waals surface area contributed by atoms with E-state index < -0.39 is 18.6 Å². The van der Waals surface area contributed by atoms with Crippen molar-refractivity contribution in [2.24, 2.45) is 5.92 Å². The fourth-order valence-corrected chi connectivity index (χ4v) is 2.58. The van der Waals surface area contributed by atoms with Gasteiger partial charge in [-0.25, -0.2) is 0 Å². The highest BCUT2D eigenvalue weighted by Crippen LogP contribution is 2.19. The first kappa shape index (κ1) is 18.3. The van der Waals surface area contributed by atoms with Crippen LogP contribution in [0.1, 0.15) is 12.8 Å². The van der Waals surface area contributed by atoms with Crippen LogP contribution in [0.3, 0.4) is 0 Å². The van der Waals surface area contributed by atoms with Crippen LogP contribution < -0.4 is 10.6 Å². The van der Waals surface area contributed by atoms with Crippen LogP contribution in [0, 0.1) is 5.92 Å². The predicted molar refractivity (Wildman–Crippen MR) is 83.3 cm³/mol. The van der Waals surface area contributed by atoms with Crippen LogP contribution >= 0.6 is 0 Å². The van der Waals surface area contributed by atoms with Gasteiger partial charge < -0.3 is 10.6 Å². The summed E-state index contributed by atoms with van der Waals surface area (Å²) in [7, 11) is 0. The lowest BCUT2D eigenvalue weighted by molar-refractivity contribution is -0.139. The molecule has 1 aromatic rings. The zero-order chi connectivity index (χ0) is 17.6. The molecule has 1 aromatic carbocycles. The topological polar surface area (TPSA) is 61.4 Å². The van der Waals surface area contributed by atoms with Crippen molar-refractivity contribution in [2.75, 3.05) is 31.5 Å². The number of likely N-dealkylation sites (tertiary alicyclic amines) is 1. The van der Waals surface area contributed by atoms with Crippen LogP contribution in [-0.2, 0) is 9.59 Å². The van der Waals surface area contributed by atoms with Gasteiger partial charge in [0.2, 0.25) is 11.8 Å². The number of amides is 2. The van der Waals surface area contributed by atoms with E-state index in [2.05, 4.69) is 5.32 Å². The molecule has 1 aliphatic rings. The van der Waals surface area contributed by atoms with Gasteiger partial charge in [-0.05, 0) is 38.1 Å². The molecule has 0 unspecified atom stereocenters. The lowest BCUT2D eigenvalue weighted by atomic mass is 9.96. The Morgan fingerprint density at radius 2 is 1.75 bits per heavy atom. The quantitative estimate of drug-likeness (QED) is 0.860. The highest BCUT2D eigenvalue weighted by Gasteiger charge is 2.29. The summed E-state index contributed by atoms with van der Waals surface area (Å²) in [6, 6.07) is 9.13. The Bertz CT molecular complexity index is 555. The minimum atomic E-state index is -4.40.